The van der Waals surface area contributed by atoms with Crippen LogP contribution in [0.5, 0.6) is 5.75 Å². The molecule has 2 nitrogen and oxygen atoms in total. The van der Waals surface area contributed by atoms with Crippen molar-refractivity contribution in [3.05, 3.63) is 59.7 Å². The highest BCUT2D eigenvalue weighted by Gasteiger charge is 2.10. The zero-order valence-corrected chi connectivity index (χ0v) is 11.5. The van der Waals surface area contributed by atoms with Crippen LogP contribution in [0.25, 0.3) is 0 Å². The van der Waals surface area contributed by atoms with Crippen molar-refractivity contribution in [1.29, 1.82) is 0 Å². The average Bonchev–Trinajstić information content (AvgIpc) is 2.42. The Labute approximate surface area is 117 Å². The summed E-state index contributed by atoms with van der Waals surface area (Å²) in [6.07, 6.45) is 0. The Bertz CT molecular complexity index is 586. The van der Waals surface area contributed by atoms with Gasteiger partial charge in [0.15, 0.2) is 0 Å². The van der Waals surface area contributed by atoms with Crippen molar-refractivity contribution in [3.8, 4) is 5.75 Å². The first-order valence-corrected chi connectivity index (χ1v) is 6.54. The first-order valence-electron chi connectivity index (χ1n) is 6.54. The topological polar surface area (TPSA) is 21.3 Å². The molecule has 0 amide bonds. The molecule has 20 heavy (non-hydrogen) atoms. The maximum Gasteiger partial charge on any atom is 0.145 e. The van der Waals surface area contributed by atoms with E-state index in [9.17, 15) is 8.78 Å². The first kappa shape index (κ1) is 14.3. The molecule has 0 heterocycles. The summed E-state index contributed by atoms with van der Waals surface area (Å²) in [4.78, 5) is 0. The number of benzene rings is 2. The van der Waals surface area contributed by atoms with E-state index in [1.807, 2.05) is 19.9 Å². The van der Waals surface area contributed by atoms with Gasteiger partial charge < -0.3 is 10.1 Å². The summed E-state index contributed by atoms with van der Waals surface area (Å²) in [7, 11) is 0. The van der Waals surface area contributed by atoms with Crippen LogP contribution in [-0.4, -0.2) is 6.61 Å². The smallest absolute Gasteiger partial charge is 0.145 e. The fourth-order valence-corrected chi connectivity index (χ4v) is 1.98. The van der Waals surface area contributed by atoms with Gasteiger partial charge in [0.2, 0.25) is 0 Å². The molecular weight excluding hydrogens is 260 g/mol. The first-order chi connectivity index (χ1) is 9.60. The van der Waals surface area contributed by atoms with Crippen LogP contribution in [0.4, 0.5) is 14.5 Å². The Balaban J connectivity index is 2.21. The molecule has 0 saturated heterocycles. The summed E-state index contributed by atoms with van der Waals surface area (Å²) < 4.78 is 31.8. The zero-order valence-electron chi connectivity index (χ0n) is 11.5. The number of nitrogens with one attached hydrogen (secondary N) is 1. The van der Waals surface area contributed by atoms with Crippen molar-refractivity contribution < 1.29 is 13.5 Å². The monoisotopic (exact) mass is 277 g/mol. The molecule has 2 aromatic carbocycles. The zero-order chi connectivity index (χ0) is 14.5. The fourth-order valence-electron chi connectivity index (χ4n) is 1.98. The lowest BCUT2D eigenvalue weighted by Crippen LogP contribution is -2.08. The number of rotatable bonds is 5. The lowest BCUT2D eigenvalue weighted by molar-refractivity contribution is 0.339. The van der Waals surface area contributed by atoms with E-state index in [2.05, 4.69) is 5.32 Å². The maximum absolute atomic E-state index is 13.2. The molecule has 0 saturated carbocycles. The molecular formula is C16H17F2NO. The van der Waals surface area contributed by atoms with Crippen LogP contribution in [0.1, 0.15) is 25.5 Å². The van der Waals surface area contributed by atoms with Gasteiger partial charge in [0.05, 0.1) is 12.3 Å². The van der Waals surface area contributed by atoms with Gasteiger partial charge in [0.1, 0.15) is 17.4 Å². The molecule has 1 unspecified atom stereocenters. The van der Waals surface area contributed by atoms with Gasteiger partial charge >= 0.3 is 0 Å². The van der Waals surface area contributed by atoms with E-state index in [0.717, 1.165) is 5.56 Å². The molecule has 0 aliphatic heterocycles. The van der Waals surface area contributed by atoms with E-state index in [1.165, 1.54) is 24.3 Å². The minimum Gasteiger partial charge on any atom is -0.492 e. The largest absolute Gasteiger partial charge is 0.492 e. The van der Waals surface area contributed by atoms with Gasteiger partial charge in [-0.2, -0.15) is 0 Å². The Kier molecular flexibility index (Phi) is 4.56. The van der Waals surface area contributed by atoms with Gasteiger partial charge in [-0.3, -0.25) is 0 Å². The van der Waals surface area contributed by atoms with Crippen molar-refractivity contribution >= 4 is 5.69 Å². The minimum absolute atomic E-state index is 0.115. The number of ether oxygens (including phenoxy) is 1. The third-order valence-corrected chi connectivity index (χ3v) is 2.96. The molecule has 2 aromatic rings. The summed E-state index contributed by atoms with van der Waals surface area (Å²) in [5.41, 5.74) is 1.50. The third kappa shape index (κ3) is 3.47. The van der Waals surface area contributed by atoms with Crippen LogP contribution in [-0.2, 0) is 0 Å². The molecule has 0 fully saturated rings. The Morgan fingerprint density at radius 2 is 1.85 bits per heavy atom. The second-order valence-electron chi connectivity index (χ2n) is 4.49. The normalized spacial score (nSPS) is 12.0. The highest BCUT2D eigenvalue weighted by molar-refractivity contribution is 5.57. The quantitative estimate of drug-likeness (QED) is 0.866. The molecule has 0 spiro atoms. The van der Waals surface area contributed by atoms with Gasteiger partial charge in [0.25, 0.3) is 0 Å². The molecule has 2 rings (SSSR count). The van der Waals surface area contributed by atoms with Crippen LogP contribution in [0.15, 0.2) is 42.5 Å². The molecule has 0 radical (unpaired) electrons. The fraction of sp³-hybridized carbons (Fsp3) is 0.250. The molecule has 1 N–H and O–H groups in total. The number of halogens is 2. The Morgan fingerprint density at radius 1 is 1.10 bits per heavy atom. The number of hydrogen-bond acceptors (Lipinski definition) is 2. The summed E-state index contributed by atoms with van der Waals surface area (Å²) in [6.45, 7) is 4.20. The minimum atomic E-state index is -0.350. The van der Waals surface area contributed by atoms with Gasteiger partial charge in [-0.05, 0) is 43.7 Å². The molecule has 0 aliphatic carbocycles. The van der Waals surface area contributed by atoms with Crippen molar-refractivity contribution in [3.63, 3.8) is 0 Å². The van der Waals surface area contributed by atoms with Gasteiger partial charge in [-0.1, -0.05) is 12.1 Å². The standard InChI is InChI=1S/C16H17F2NO/c1-3-20-16-10-14(18)7-8-15(16)19-11(2)12-5-4-6-13(17)9-12/h4-11,19H,3H2,1-2H3. The lowest BCUT2D eigenvalue weighted by atomic mass is 10.1. The number of anilines is 1. The summed E-state index contributed by atoms with van der Waals surface area (Å²) in [5, 5.41) is 3.21. The molecule has 0 aliphatic rings. The highest BCUT2D eigenvalue weighted by atomic mass is 19.1. The molecule has 1 atom stereocenters. The van der Waals surface area contributed by atoms with Crippen molar-refractivity contribution in [2.45, 2.75) is 19.9 Å². The van der Waals surface area contributed by atoms with Crippen LogP contribution >= 0.6 is 0 Å². The van der Waals surface area contributed by atoms with Crippen LogP contribution in [0.3, 0.4) is 0 Å². The number of hydrogen-bond donors (Lipinski definition) is 1. The molecule has 106 valence electrons. The molecule has 4 heteroatoms. The van der Waals surface area contributed by atoms with E-state index < -0.39 is 0 Å². The maximum atomic E-state index is 13.2. The average molecular weight is 277 g/mol. The Morgan fingerprint density at radius 3 is 2.55 bits per heavy atom. The summed E-state index contributed by atoms with van der Waals surface area (Å²) in [6, 6.07) is 10.6. The second kappa shape index (κ2) is 6.37. The van der Waals surface area contributed by atoms with Crippen molar-refractivity contribution in [2.75, 3.05) is 11.9 Å². The van der Waals surface area contributed by atoms with E-state index in [-0.39, 0.29) is 17.7 Å². The van der Waals surface area contributed by atoms with E-state index in [0.29, 0.717) is 18.0 Å². The van der Waals surface area contributed by atoms with Crippen LogP contribution < -0.4 is 10.1 Å². The predicted molar refractivity (Wildman–Crippen MR) is 76.0 cm³/mol. The third-order valence-electron chi connectivity index (χ3n) is 2.96. The molecule has 0 bridgehead atoms. The van der Waals surface area contributed by atoms with E-state index >= 15 is 0 Å². The highest BCUT2D eigenvalue weighted by Crippen LogP contribution is 2.29. The van der Waals surface area contributed by atoms with E-state index in [4.69, 9.17) is 4.74 Å². The van der Waals surface area contributed by atoms with Crippen LogP contribution in [0.2, 0.25) is 0 Å². The predicted octanol–water partition coefficient (Wildman–Crippen LogP) is 4.54. The summed E-state index contributed by atoms with van der Waals surface area (Å²) in [5.74, 6) is -0.173. The summed E-state index contributed by atoms with van der Waals surface area (Å²) >= 11 is 0. The molecule has 0 aromatic heterocycles. The van der Waals surface area contributed by atoms with E-state index in [1.54, 1.807) is 12.1 Å². The van der Waals surface area contributed by atoms with Crippen molar-refractivity contribution in [2.24, 2.45) is 0 Å². The van der Waals surface area contributed by atoms with Crippen LogP contribution in [0, 0.1) is 11.6 Å². The van der Waals surface area contributed by atoms with Gasteiger partial charge in [0, 0.05) is 12.1 Å². The lowest BCUT2D eigenvalue weighted by Gasteiger charge is -2.18. The van der Waals surface area contributed by atoms with Gasteiger partial charge in [-0.25, -0.2) is 8.78 Å². The second-order valence-corrected chi connectivity index (χ2v) is 4.49. The SMILES string of the molecule is CCOc1cc(F)ccc1NC(C)c1cccc(F)c1. The van der Waals surface area contributed by atoms with Gasteiger partial charge in [-0.15, -0.1) is 0 Å². The Hall–Kier alpha value is -2.10. The van der Waals surface area contributed by atoms with Crippen molar-refractivity contribution in [1.82, 2.24) is 0 Å².